The van der Waals surface area contributed by atoms with Crippen LogP contribution in [0.4, 0.5) is 0 Å². The lowest BCUT2D eigenvalue weighted by atomic mass is 9.81. The van der Waals surface area contributed by atoms with Gasteiger partial charge in [0.25, 0.3) is 0 Å². The third-order valence-electron chi connectivity index (χ3n) is 5.31. The lowest BCUT2D eigenvalue weighted by Gasteiger charge is -2.43. The Morgan fingerprint density at radius 1 is 1.37 bits per heavy atom. The van der Waals surface area contributed by atoms with Crippen molar-refractivity contribution in [1.82, 2.24) is 9.80 Å². The van der Waals surface area contributed by atoms with Crippen molar-refractivity contribution in [2.75, 3.05) is 33.4 Å². The molecule has 1 aromatic rings. The van der Waals surface area contributed by atoms with Crippen LogP contribution < -0.4 is 0 Å². The molecule has 6 nitrogen and oxygen atoms in total. The van der Waals surface area contributed by atoms with E-state index < -0.39 is 0 Å². The smallest absolute Gasteiger partial charge is 0.228 e. The van der Waals surface area contributed by atoms with E-state index in [1.807, 2.05) is 45.0 Å². The molecule has 1 heterocycles. The summed E-state index contributed by atoms with van der Waals surface area (Å²) in [6, 6.07) is 7.61. The van der Waals surface area contributed by atoms with E-state index in [0.717, 1.165) is 11.1 Å². The highest BCUT2D eigenvalue weighted by Gasteiger charge is 2.42. The lowest BCUT2D eigenvalue weighted by Crippen LogP contribution is -2.51. The molecule has 27 heavy (non-hydrogen) atoms. The second-order valence-electron chi connectivity index (χ2n) is 7.38. The molecule has 0 aromatic heterocycles. The standard InChI is InChI=1S/C21H32N2O4/c1-15(2)22(11-13-24)21(26)18-9-10-19(25)23(12-14-27-4)20(18)17-8-6-5-7-16(17)3/h5-8,15,18,20,24H,9-14H2,1-4H3/t18-,20+/m1/s1. The molecule has 1 fully saturated rings. The van der Waals surface area contributed by atoms with Gasteiger partial charge >= 0.3 is 0 Å². The summed E-state index contributed by atoms with van der Waals surface area (Å²) in [6.45, 7) is 7.04. The number of carbonyl (C=O) groups is 2. The molecule has 0 saturated carbocycles. The molecule has 0 aliphatic carbocycles. The zero-order chi connectivity index (χ0) is 20.0. The Bertz CT molecular complexity index is 647. The molecule has 1 aromatic carbocycles. The number of aryl methyl sites for hydroxylation is 1. The molecule has 6 heteroatoms. The van der Waals surface area contributed by atoms with E-state index in [1.165, 1.54) is 0 Å². The van der Waals surface area contributed by atoms with Crippen LogP contribution in [0, 0.1) is 12.8 Å². The van der Waals surface area contributed by atoms with E-state index in [1.54, 1.807) is 16.9 Å². The third-order valence-corrected chi connectivity index (χ3v) is 5.31. The Morgan fingerprint density at radius 2 is 2.07 bits per heavy atom. The molecule has 1 N–H and O–H groups in total. The van der Waals surface area contributed by atoms with Crippen molar-refractivity contribution in [3.8, 4) is 0 Å². The number of nitrogens with zero attached hydrogens (tertiary/aromatic N) is 2. The minimum absolute atomic E-state index is 0.00206. The number of hydrogen-bond donors (Lipinski definition) is 1. The van der Waals surface area contributed by atoms with Gasteiger partial charge in [0.05, 0.1) is 25.2 Å². The summed E-state index contributed by atoms with van der Waals surface area (Å²) in [5.74, 6) is -0.264. The maximum atomic E-state index is 13.4. The Balaban J connectivity index is 2.45. The van der Waals surface area contributed by atoms with Gasteiger partial charge in [-0.05, 0) is 38.3 Å². The first-order valence-electron chi connectivity index (χ1n) is 9.67. The number of ether oxygens (including phenoxy) is 1. The molecule has 1 aliphatic heterocycles. The zero-order valence-electron chi connectivity index (χ0n) is 16.9. The van der Waals surface area contributed by atoms with Crippen LogP contribution in [-0.4, -0.2) is 66.2 Å². The average molecular weight is 376 g/mol. The Hall–Kier alpha value is -1.92. The van der Waals surface area contributed by atoms with Crippen LogP contribution in [0.15, 0.2) is 24.3 Å². The largest absolute Gasteiger partial charge is 0.395 e. The van der Waals surface area contributed by atoms with Crippen molar-refractivity contribution in [3.05, 3.63) is 35.4 Å². The van der Waals surface area contributed by atoms with E-state index in [0.29, 0.717) is 32.5 Å². The number of rotatable bonds is 8. The second-order valence-corrected chi connectivity index (χ2v) is 7.38. The average Bonchev–Trinajstić information content (AvgIpc) is 2.64. The molecule has 1 aliphatic rings. The van der Waals surface area contributed by atoms with Crippen molar-refractivity contribution >= 4 is 11.8 Å². The van der Waals surface area contributed by atoms with Gasteiger partial charge in [-0.15, -0.1) is 0 Å². The number of aliphatic hydroxyl groups excluding tert-OH is 1. The molecule has 150 valence electrons. The highest BCUT2D eigenvalue weighted by Crippen LogP contribution is 2.39. The fraction of sp³-hybridized carbons (Fsp3) is 0.619. The fourth-order valence-corrected chi connectivity index (χ4v) is 3.91. The predicted octanol–water partition coefficient (Wildman–Crippen LogP) is 2.15. The molecule has 0 unspecified atom stereocenters. The number of aliphatic hydroxyl groups is 1. The number of amides is 2. The third kappa shape index (κ3) is 4.87. The maximum Gasteiger partial charge on any atom is 0.228 e. The molecular formula is C21H32N2O4. The molecule has 1 saturated heterocycles. The van der Waals surface area contributed by atoms with E-state index >= 15 is 0 Å². The molecule has 0 bridgehead atoms. The van der Waals surface area contributed by atoms with Crippen LogP contribution in [0.5, 0.6) is 0 Å². The van der Waals surface area contributed by atoms with Crippen molar-refractivity contribution in [3.63, 3.8) is 0 Å². The van der Waals surface area contributed by atoms with Gasteiger partial charge in [0.1, 0.15) is 0 Å². The monoisotopic (exact) mass is 376 g/mol. The first-order valence-corrected chi connectivity index (χ1v) is 9.67. The van der Waals surface area contributed by atoms with Crippen molar-refractivity contribution in [1.29, 1.82) is 0 Å². The zero-order valence-corrected chi connectivity index (χ0v) is 16.9. The van der Waals surface area contributed by atoms with Crippen LogP contribution in [0.3, 0.4) is 0 Å². The van der Waals surface area contributed by atoms with Gasteiger partial charge in [0.15, 0.2) is 0 Å². The highest BCUT2D eigenvalue weighted by atomic mass is 16.5. The maximum absolute atomic E-state index is 13.4. The van der Waals surface area contributed by atoms with Crippen molar-refractivity contribution < 1.29 is 19.4 Å². The first-order chi connectivity index (χ1) is 12.9. The van der Waals surface area contributed by atoms with Gasteiger partial charge < -0.3 is 19.6 Å². The van der Waals surface area contributed by atoms with E-state index in [2.05, 4.69) is 0 Å². The van der Waals surface area contributed by atoms with Gasteiger partial charge in [-0.3, -0.25) is 9.59 Å². The number of carbonyl (C=O) groups excluding carboxylic acids is 2. The van der Waals surface area contributed by atoms with Gasteiger partial charge in [0, 0.05) is 32.7 Å². The Kier molecular flexibility index (Phi) is 7.80. The summed E-state index contributed by atoms with van der Waals surface area (Å²) >= 11 is 0. The summed E-state index contributed by atoms with van der Waals surface area (Å²) in [5.41, 5.74) is 2.07. The highest BCUT2D eigenvalue weighted by molar-refractivity contribution is 5.85. The van der Waals surface area contributed by atoms with E-state index in [-0.39, 0.29) is 36.4 Å². The van der Waals surface area contributed by atoms with E-state index in [4.69, 9.17) is 4.74 Å². The summed E-state index contributed by atoms with van der Waals surface area (Å²) < 4.78 is 5.21. The number of hydrogen-bond acceptors (Lipinski definition) is 4. The van der Waals surface area contributed by atoms with Crippen LogP contribution in [0.1, 0.15) is 43.9 Å². The molecule has 2 rings (SSSR count). The Morgan fingerprint density at radius 3 is 2.67 bits per heavy atom. The molecule has 2 amide bonds. The summed E-state index contributed by atoms with van der Waals surface area (Å²) in [7, 11) is 1.61. The van der Waals surface area contributed by atoms with Crippen LogP contribution in [0.2, 0.25) is 0 Å². The fourth-order valence-electron chi connectivity index (χ4n) is 3.91. The summed E-state index contributed by atoms with van der Waals surface area (Å²) in [4.78, 5) is 29.6. The Labute approximate surface area is 162 Å². The molecular weight excluding hydrogens is 344 g/mol. The number of likely N-dealkylation sites (tertiary alicyclic amines) is 1. The molecule has 0 spiro atoms. The van der Waals surface area contributed by atoms with Crippen LogP contribution >= 0.6 is 0 Å². The minimum atomic E-state index is -0.324. The number of piperidine rings is 1. The number of benzene rings is 1. The van der Waals surface area contributed by atoms with Crippen LogP contribution in [0.25, 0.3) is 0 Å². The quantitative estimate of drug-likeness (QED) is 0.755. The van der Waals surface area contributed by atoms with Gasteiger partial charge in [-0.1, -0.05) is 24.3 Å². The summed E-state index contributed by atoms with van der Waals surface area (Å²) in [5, 5.41) is 9.40. The van der Waals surface area contributed by atoms with Crippen molar-refractivity contribution in [2.24, 2.45) is 5.92 Å². The predicted molar refractivity (Wildman–Crippen MR) is 104 cm³/mol. The molecule has 0 radical (unpaired) electrons. The topological polar surface area (TPSA) is 70.1 Å². The summed E-state index contributed by atoms with van der Waals surface area (Å²) in [6.07, 6.45) is 0.877. The molecule has 2 atom stereocenters. The minimum Gasteiger partial charge on any atom is -0.395 e. The van der Waals surface area contributed by atoms with Gasteiger partial charge in [-0.2, -0.15) is 0 Å². The second kappa shape index (κ2) is 9.85. The normalized spacial score (nSPS) is 20.2. The number of methoxy groups -OCH3 is 1. The lowest BCUT2D eigenvalue weighted by molar-refractivity contribution is -0.150. The van der Waals surface area contributed by atoms with E-state index in [9.17, 15) is 14.7 Å². The first kappa shape index (κ1) is 21.4. The van der Waals surface area contributed by atoms with Gasteiger partial charge in [-0.25, -0.2) is 0 Å². The SMILES string of the molecule is COCCN1C(=O)CC[C@@H](C(=O)N(CCO)C(C)C)[C@@H]1c1ccccc1C. The van der Waals surface area contributed by atoms with Gasteiger partial charge in [0.2, 0.25) is 11.8 Å². The van der Waals surface area contributed by atoms with Crippen molar-refractivity contribution in [2.45, 2.75) is 45.7 Å². The van der Waals surface area contributed by atoms with Crippen LogP contribution in [-0.2, 0) is 14.3 Å².